The maximum Gasteiger partial charge on any atom is 0.271 e. The van der Waals surface area contributed by atoms with E-state index in [4.69, 9.17) is 4.74 Å². The highest BCUT2D eigenvalue weighted by molar-refractivity contribution is 9.10. The number of nitrogens with zero attached hydrogens (tertiary/aromatic N) is 1. The van der Waals surface area contributed by atoms with Gasteiger partial charge in [0.05, 0.1) is 4.90 Å². The van der Waals surface area contributed by atoms with E-state index in [-0.39, 0.29) is 29.5 Å². The van der Waals surface area contributed by atoms with Crippen molar-refractivity contribution in [1.29, 1.82) is 0 Å². The van der Waals surface area contributed by atoms with Crippen molar-refractivity contribution in [3.8, 4) is 5.75 Å². The van der Waals surface area contributed by atoms with E-state index >= 15 is 0 Å². The van der Waals surface area contributed by atoms with Gasteiger partial charge < -0.3 is 10.1 Å². The van der Waals surface area contributed by atoms with Gasteiger partial charge in [-0.3, -0.25) is 4.79 Å². The van der Waals surface area contributed by atoms with E-state index in [0.717, 1.165) is 34.2 Å². The third-order valence-corrected chi connectivity index (χ3v) is 8.71. The molecule has 2 N–H and O–H groups in total. The predicted molar refractivity (Wildman–Crippen MR) is 140 cm³/mol. The van der Waals surface area contributed by atoms with Crippen molar-refractivity contribution in [2.24, 2.45) is 0 Å². The van der Waals surface area contributed by atoms with Crippen LogP contribution in [0.5, 0.6) is 5.75 Å². The third kappa shape index (κ3) is 6.91. The lowest BCUT2D eigenvalue weighted by atomic mass is 9.91. The Hall–Kier alpha value is -2.27. The molecule has 0 radical (unpaired) electrons. The molecule has 0 spiro atoms. The summed E-state index contributed by atoms with van der Waals surface area (Å²) in [5, 5.41) is 5.41. The lowest BCUT2D eigenvalue weighted by Gasteiger charge is -2.32. The number of hydrogen-bond donors (Lipinski definition) is 2. The van der Waals surface area contributed by atoms with Gasteiger partial charge in [-0.2, -0.15) is 0 Å². The van der Waals surface area contributed by atoms with Crippen LogP contribution in [0.2, 0.25) is 0 Å². The summed E-state index contributed by atoms with van der Waals surface area (Å²) >= 11 is 4.69. The molecular formula is C25H28BrN3O4S2. The highest BCUT2D eigenvalue weighted by atomic mass is 79.9. The molecule has 0 unspecified atom stereocenters. The van der Waals surface area contributed by atoms with Crippen LogP contribution in [0.3, 0.4) is 0 Å². The van der Waals surface area contributed by atoms with Gasteiger partial charge >= 0.3 is 0 Å². The Morgan fingerprint density at radius 3 is 2.43 bits per heavy atom. The number of nitrogens with one attached hydrogen (secondary N) is 2. The number of carbonyl (C=O) groups excluding carboxylic acids is 1. The van der Waals surface area contributed by atoms with Crippen LogP contribution in [0, 0.1) is 13.8 Å². The summed E-state index contributed by atoms with van der Waals surface area (Å²) in [6, 6.07) is 11.8. The normalized spacial score (nSPS) is 18.3. The van der Waals surface area contributed by atoms with E-state index in [1.165, 1.54) is 11.3 Å². The maximum absolute atomic E-state index is 12.9. The number of aromatic nitrogens is 1. The Labute approximate surface area is 218 Å². The van der Waals surface area contributed by atoms with Crippen LogP contribution < -0.4 is 14.8 Å². The second-order valence-electron chi connectivity index (χ2n) is 8.78. The molecule has 4 rings (SSSR count). The summed E-state index contributed by atoms with van der Waals surface area (Å²) < 4.78 is 35.2. The highest BCUT2D eigenvalue weighted by Gasteiger charge is 2.31. The maximum atomic E-state index is 12.9. The van der Waals surface area contributed by atoms with E-state index in [0.29, 0.717) is 23.5 Å². The minimum Gasteiger partial charge on any atom is -0.486 e. The fourth-order valence-corrected chi connectivity index (χ4v) is 6.47. The van der Waals surface area contributed by atoms with Crippen LogP contribution >= 0.6 is 27.3 Å². The quantitative estimate of drug-likeness (QED) is 0.387. The second kappa shape index (κ2) is 11.2. The summed E-state index contributed by atoms with van der Waals surface area (Å²) in [6.45, 7) is 4.31. The van der Waals surface area contributed by atoms with Gasteiger partial charge in [-0.15, -0.1) is 11.3 Å². The molecule has 1 heterocycles. The van der Waals surface area contributed by atoms with Crippen molar-refractivity contribution in [3.63, 3.8) is 0 Å². The number of hydrogen-bond acceptors (Lipinski definition) is 6. The van der Waals surface area contributed by atoms with Crippen molar-refractivity contribution in [2.45, 2.75) is 63.1 Å². The van der Waals surface area contributed by atoms with Gasteiger partial charge in [0.15, 0.2) is 0 Å². The number of rotatable bonds is 8. The lowest BCUT2D eigenvalue weighted by molar-refractivity contribution is 0.0914. The summed E-state index contributed by atoms with van der Waals surface area (Å²) in [5.41, 5.74) is 2.56. The van der Waals surface area contributed by atoms with E-state index < -0.39 is 10.0 Å². The molecule has 1 amide bonds. The van der Waals surface area contributed by atoms with Crippen LogP contribution in [0.15, 0.2) is 57.2 Å². The van der Waals surface area contributed by atoms with E-state index in [2.05, 4.69) is 37.0 Å². The molecule has 35 heavy (non-hydrogen) atoms. The number of amides is 1. The minimum atomic E-state index is -3.70. The van der Waals surface area contributed by atoms with Crippen LogP contribution in [0.4, 0.5) is 0 Å². The summed E-state index contributed by atoms with van der Waals surface area (Å²) in [4.78, 5) is 17.5. The first kappa shape index (κ1) is 25.8. The molecule has 2 atom stereocenters. The Bertz CT molecular complexity index is 1270. The van der Waals surface area contributed by atoms with Crippen molar-refractivity contribution < 1.29 is 17.9 Å². The minimum absolute atomic E-state index is 0.198. The standard InChI is InChI=1S/C25H28BrN3O4S2/c1-16-11-17(2)13-19(12-16)33-14-24-27-23(15-34-24)25(30)28-21-5-3-4-6-22(21)29-35(31,32)20-9-7-18(26)8-10-20/h7-13,15,21-22,29H,3-6,14H2,1-2H3,(H,28,30)/t21-,22+/m1/s1. The first-order valence-electron chi connectivity index (χ1n) is 11.4. The smallest absolute Gasteiger partial charge is 0.271 e. The molecule has 186 valence electrons. The fraction of sp³-hybridized carbons (Fsp3) is 0.360. The third-order valence-electron chi connectivity index (χ3n) is 5.85. The zero-order chi connectivity index (χ0) is 25.0. The zero-order valence-electron chi connectivity index (χ0n) is 19.6. The second-order valence-corrected chi connectivity index (χ2v) is 12.4. The van der Waals surface area contributed by atoms with Gasteiger partial charge in [-0.1, -0.05) is 34.8 Å². The first-order chi connectivity index (χ1) is 16.7. The van der Waals surface area contributed by atoms with Gasteiger partial charge in [0.1, 0.15) is 23.1 Å². The van der Waals surface area contributed by atoms with Crippen LogP contribution in [-0.2, 0) is 16.6 Å². The van der Waals surface area contributed by atoms with Gasteiger partial charge in [0, 0.05) is 21.9 Å². The number of halogens is 1. The molecule has 3 aromatic rings. The number of benzene rings is 2. The molecule has 1 fully saturated rings. The average molecular weight is 579 g/mol. The van der Waals surface area contributed by atoms with E-state index in [1.54, 1.807) is 29.6 Å². The number of sulfonamides is 1. The molecule has 1 aliphatic carbocycles. The number of carbonyl (C=O) groups is 1. The molecule has 1 aliphatic rings. The van der Waals surface area contributed by atoms with Crippen molar-refractivity contribution in [2.75, 3.05) is 0 Å². The molecular weight excluding hydrogens is 550 g/mol. The van der Waals surface area contributed by atoms with E-state index in [9.17, 15) is 13.2 Å². The topological polar surface area (TPSA) is 97.4 Å². The van der Waals surface area contributed by atoms with Gasteiger partial charge in [0.2, 0.25) is 10.0 Å². The van der Waals surface area contributed by atoms with Crippen LogP contribution in [-0.4, -0.2) is 31.4 Å². The molecule has 0 aliphatic heterocycles. The number of thiazole rings is 1. The predicted octanol–water partition coefficient (Wildman–Crippen LogP) is 5.12. The van der Waals surface area contributed by atoms with Gasteiger partial charge in [-0.25, -0.2) is 18.1 Å². The Balaban J connectivity index is 1.38. The number of ether oxygens (including phenoxy) is 1. The van der Waals surface area contributed by atoms with Crippen molar-refractivity contribution >= 4 is 43.2 Å². The summed E-state index contributed by atoms with van der Waals surface area (Å²) in [7, 11) is -3.70. The average Bonchev–Trinajstić information content (AvgIpc) is 3.28. The van der Waals surface area contributed by atoms with Crippen molar-refractivity contribution in [3.05, 3.63) is 74.1 Å². The number of aryl methyl sites for hydroxylation is 2. The van der Waals surface area contributed by atoms with Gasteiger partial charge in [-0.05, 0) is 74.2 Å². The van der Waals surface area contributed by atoms with Crippen molar-refractivity contribution in [1.82, 2.24) is 15.0 Å². The zero-order valence-corrected chi connectivity index (χ0v) is 22.8. The first-order valence-corrected chi connectivity index (χ1v) is 14.6. The molecule has 0 saturated heterocycles. The Morgan fingerprint density at radius 1 is 1.09 bits per heavy atom. The summed E-state index contributed by atoms with van der Waals surface area (Å²) in [5.74, 6) is 0.463. The largest absolute Gasteiger partial charge is 0.486 e. The molecule has 0 bridgehead atoms. The molecule has 1 aromatic heterocycles. The Morgan fingerprint density at radius 2 is 1.74 bits per heavy atom. The van der Waals surface area contributed by atoms with Crippen LogP contribution in [0.1, 0.15) is 52.3 Å². The monoisotopic (exact) mass is 577 g/mol. The lowest BCUT2D eigenvalue weighted by Crippen LogP contribution is -2.53. The van der Waals surface area contributed by atoms with Gasteiger partial charge in [0.25, 0.3) is 5.91 Å². The Kier molecular flexibility index (Phi) is 8.26. The summed E-state index contributed by atoms with van der Waals surface area (Å²) in [6.07, 6.45) is 3.18. The molecule has 1 saturated carbocycles. The fourth-order valence-electron chi connectivity index (χ4n) is 4.21. The SMILES string of the molecule is Cc1cc(C)cc(OCc2nc(C(=O)N[C@@H]3CCCC[C@@H]3NS(=O)(=O)c3ccc(Br)cc3)cs2)c1. The van der Waals surface area contributed by atoms with Crippen LogP contribution in [0.25, 0.3) is 0 Å². The van der Waals surface area contributed by atoms with E-state index in [1.807, 2.05) is 26.0 Å². The highest BCUT2D eigenvalue weighted by Crippen LogP contribution is 2.23. The molecule has 2 aromatic carbocycles. The molecule has 7 nitrogen and oxygen atoms in total. The molecule has 10 heteroatoms.